The van der Waals surface area contributed by atoms with Crippen LogP contribution in [0.1, 0.15) is 38.7 Å². The van der Waals surface area contributed by atoms with Gasteiger partial charge in [0.15, 0.2) is 0 Å². The molecule has 0 bridgehead atoms. The highest BCUT2D eigenvalue weighted by Gasteiger charge is 2.31. The summed E-state index contributed by atoms with van der Waals surface area (Å²) < 4.78 is 40.7. The lowest BCUT2D eigenvalue weighted by Gasteiger charge is -2.23. The number of sulfonamides is 1. The topological polar surface area (TPSA) is 37.4 Å². The molecule has 1 aliphatic rings. The van der Waals surface area contributed by atoms with Gasteiger partial charge in [0.2, 0.25) is 10.0 Å². The molecule has 1 fully saturated rings. The van der Waals surface area contributed by atoms with E-state index in [2.05, 4.69) is 13.8 Å². The minimum Gasteiger partial charge on any atom is -0.207 e. The number of alkyl halides is 1. The monoisotopic (exact) mass is 333 g/mol. The average molecular weight is 334 g/mol. The summed E-state index contributed by atoms with van der Waals surface area (Å²) in [7, 11) is -3.78. The molecule has 1 aliphatic heterocycles. The first-order valence-electron chi connectivity index (χ1n) is 7.11. The molecule has 2 rings (SSSR count). The molecule has 0 aliphatic carbocycles. The van der Waals surface area contributed by atoms with Crippen LogP contribution in [0.2, 0.25) is 0 Å². The molecule has 1 aromatic carbocycles. The molecular formula is C15H21ClFNO2S. The highest BCUT2D eigenvalue weighted by atomic mass is 35.5. The quantitative estimate of drug-likeness (QED) is 0.790. The summed E-state index contributed by atoms with van der Waals surface area (Å²) in [4.78, 5) is -0.254. The van der Waals surface area contributed by atoms with E-state index in [1.54, 1.807) is 6.07 Å². The number of benzene rings is 1. The molecule has 1 heterocycles. The lowest BCUT2D eigenvalue weighted by atomic mass is 9.85. The van der Waals surface area contributed by atoms with Gasteiger partial charge >= 0.3 is 0 Å². The number of rotatable bonds is 3. The Balaban J connectivity index is 2.29. The molecule has 0 aromatic heterocycles. The van der Waals surface area contributed by atoms with Crippen molar-refractivity contribution in [3.8, 4) is 0 Å². The van der Waals surface area contributed by atoms with E-state index >= 15 is 0 Å². The molecular weight excluding hydrogens is 313 g/mol. The second-order valence-electron chi connectivity index (χ2n) is 6.32. The van der Waals surface area contributed by atoms with Gasteiger partial charge in [0.1, 0.15) is 10.7 Å². The van der Waals surface area contributed by atoms with Gasteiger partial charge in [-0.25, -0.2) is 12.8 Å². The molecule has 1 saturated heterocycles. The van der Waals surface area contributed by atoms with Gasteiger partial charge in [0, 0.05) is 19.0 Å². The number of nitrogens with zero attached hydrogens (tertiary/aromatic N) is 1. The molecule has 0 atom stereocenters. The van der Waals surface area contributed by atoms with Crippen molar-refractivity contribution in [1.29, 1.82) is 0 Å². The summed E-state index contributed by atoms with van der Waals surface area (Å²) in [5, 5.41) is 0. The summed E-state index contributed by atoms with van der Waals surface area (Å²) in [6, 6.07) is 4.07. The standard InChI is InChI=1S/C15H21ClFNO2S/c1-15(2)6-3-8-18(9-7-15)21(19,20)14-5-4-12(11-16)10-13(14)17/h4-5,10H,3,6-9,11H2,1-2H3. The summed E-state index contributed by atoms with van der Waals surface area (Å²) in [5.41, 5.74) is 0.704. The third-order valence-electron chi connectivity index (χ3n) is 4.07. The summed E-state index contributed by atoms with van der Waals surface area (Å²) in [5.74, 6) is -0.563. The Morgan fingerprint density at radius 1 is 1.29 bits per heavy atom. The molecule has 1 aromatic rings. The smallest absolute Gasteiger partial charge is 0.207 e. The van der Waals surface area contributed by atoms with E-state index in [1.165, 1.54) is 16.4 Å². The van der Waals surface area contributed by atoms with Crippen LogP contribution in [0, 0.1) is 11.2 Å². The van der Waals surface area contributed by atoms with Crippen molar-refractivity contribution < 1.29 is 12.8 Å². The molecule has 3 nitrogen and oxygen atoms in total. The van der Waals surface area contributed by atoms with Gasteiger partial charge in [-0.3, -0.25) is 0 Å². The van der Waals surface area contributed by atoms with Crippen molar-refractivity contribution in [3.63, 3.8) is 0 Å². The fourth-order valence-electron chi connectivity index (χ4n) is 2.61. The summed E-state index contributed by atoms with van der Waals surface area (Å²) in [6.45, 7) is 5.16. The molecule has 0 unspecified atom stereocenters. The lowest BCUT2D eigenvalue weighted by molar-refractivity contribution is 0.314. The normalized spacial score (nSPS) is 20.2. The predicted molar refractivity (Wildman–Crippen MR) is 82.3 cm³/mol. The van der Waals surface area contributed by atoms with Crippen molar-refractivity contribution in [2.75, 3.05) is 13.1 Å². The first kappa shape index (κ1) is 16.7. The Kier molecular flexibility index (Phi) is 4.96. The Hall–Kier alpha value is -0.650. The Labute approximate surface area is 131 Å². The van der Waals surface area contributed by atoms with Crippen LogP contribution in [0.15, 0.2) is 23.1 Å². The van der Waals surface area contributed by atoms with Crippen molar-refractivity contribution in [3.05, 3.63) is 29.6 Å². The maximum Gasteiger partial charge on any atom is 0.245 e. The Bertz CT molecular complexity index is 616. The predicted octanol–water partition coefficient (Wildman–Crippen LogP) is 3.77. The maximum absolute atomic E-state index is 14.1. The number of halogens is 2. The van der Waals surface area contributed by atoms with Crippen molar-refractivity contribution >= 4 is 21.6 Å². The fourth-order valence-corrected chi connectivity index (χ4v) is 4.31. The highest BCUT2D eigenvalue weighted by Crippen LogP contribution is 2.32. The van der Waals surface area contributed by atoms with Crippen LogP contribution in [-0.2, 0) is 15.9 Å². The first-order chi connectivity index (χ1) is 9.76. The van der Waals surface area contributed by atoms with Crippen LogP contribution < -0.4 is 0 Å². The maximum atomic E-state index is 14.1. The molecule has 0 N–H and O–H groups in total. The minimum atomic E-state index is -3.78. The van der Waals surface area contributed by atoms with E-state index in [0.29, 0.717) is 18.7 Å². The zero-order chi connectivity index (χ0) is 15.7. The van der Waals surface area contributed by atoms with Crippen LogP contribution in [-0.4, -0.2) is 25.8 Å². The van der Waals surface area contributed by atoms with Gasteiger partial charge in [0.25, 0.3) is 0 Å². The van der Waals surface area contributed by atoms with Crippen molar-refractivity contribution in [2.45, 2.75) is 43.9 Å². The second-order valence-corrected chi connectivity index (χ2v) is 8.49. The zero-order valence-electron chi connectivity index (χ0n) is 12.4. The zero-order valence-corrected chi connectivity index (χ0v) is 14.0. The third-order valence-corrected chi connectivity index (χ3v) is 6.31. The van der Waals surface area contributed by atoms with Crippen LogP contribution in [0.25, 0.3) is 0 Å². The van der Waals surface area contributed by atoms with E-state index in [-0.39, 0.29) is 16.2 Å². The van der Waals surface area contributed by atoms with E-state index in [4.69, 9.17) is 11.6 Å². The van der Waals surface area contributed by atoms with E-state index in [0.717, 1.165) is 19.3 Å². The lowest BCUT2D eigenvalue weighted by Crippen LogP contribution is -2.33. The van der Waals surface area contributed by atoms with Crippen LogP contribution in [0.5, 0.6) is 0 Å². The molecule has 6 heteroatoms. The molecule has 0 radical (unpaired) electrons. The highest BCUT2D eigenvalue weighted by molar-refractivity contribution is 7.89. The molecule has 0 amide bonds. The van der Waals surface area contributed by atoms with Crippen molar-refractivity contribution in [2.24, 2.45) is 5.41 Å². The second kappa shape index (κ2) is 6.23. The van der Waals surface area contributed by atoms with Crippen LogP contribution in [0.4, 0.5) is 4.39 Å². The van der Waals surface area contributed by atoms with Gasteiger partial charge < -0.3 is 0 Å². The largest absolute Gasteiger partial charge is 0.245 e. The molecule has 21 heavy (non-hydrogen) atoms. The number of hydrogen-bond acceptors (Lipinski definition) is 2. The van der Waals surface area contributed by atoms with Gasteiger partial charge in [-0.1, -0.05) is 19.9 Å². The van der Waals surface area contributed by atoms with E-state index in [1.807, 2.05) is 0 Å². The van der Waals surface area contributed by atoms with Gasteiger partial charge in [-0.15, -0.1) is 11.6 Å². The third kappa shape index (κ3) is 3.76. The summed E-state index contributed by atoms with van der Waals surface area (Å²) in [6.07, 6.45) is 2.56. The molecule has 0 saturated carbocycles. The van der Waals surface area contributed by atoms with Gasteiger partial charge in [-0.05, 0) is 42.4 Å². The van der Waals surface area contributed by atoms with Gasteiger partial charge in [0.05, 0.1) is 0 Å². The first-order valence-corrected chi connectivity index (χ1v) is 9.08. The average Bonchev–Trinajstić information content (AvgIpc) is 2.59. The van der Waals surface area contributed by atoms with Crippen LogP contribution >= 0.6 is 11.6 Å². The Morgan fingerprint density at radius 2 is 2.00 bits per heavy atom. The molecule has 118 valence electrons. The molecule has 0 spiro atoms. The van der Waals surface area contributed by atoms with E-state index < -0.39 is 15.8 Å². The van der Waals surface area contributed by atoms with Crippen molar-refractivity contribution in [1.82, 2.24) is 4.31 Å². The number of hydrogen-bond donors (Lipinski definition) is 0. The van der Waals surface area contributed by atoms with Gasteiger partial charge in [-0.2, -0.15) is 4.31 Å². The van der Waals surface area contributed by atoms with Crippen LogP contribution in [0.3, 0.4) is 0 Å². The fraction of sp³-hybridized carbons (Fsp3) is 0.600. The summed E-state index contributed by atoms with van der Waals surface area (Å²) >= 11 is 5.64. The SMILES string of the molecule is CC1(C)CCCN(S(=O)(=O)c2ccc(CCl)cc2F)CC1. The Morgan fingerprint density at radius 3 is 2.62 bits per heavy atom. The minimum absolute atomic E-state index is 0.130. The van der Waals surface area contributed by atoms with E-state index in [9.17, 15) is 12.8 Å².